The van der Waals surface area contributed by atoms with Crippen molar-refractivity contribution in [1.82, 2.24) is 15.0 Å². The van der Waals surface area contributed by atoms with Crippen molar-refractivity contribution in [3.05, 3.63) is 64.2 Å². The molecule has 0 aliphatic carbocycles. The summed E-state index contributed by atoms with van der Waals surface area (Å²) in [4.78, 5) is 18.9. The van der Waals surface area contributed by atoms with Crippen molar-refractivity contribution in [3.8, 4) is 17.1 Å². The molecule has 1 aliphatic rings. The number of benzene rings is 2. The molecule has 0 bridgehead atoms. The number of carbonyl (C=O) groups is 1. The van der Waals surface area contributed by atoms with E-state index in [9.17, 15) is 14.3 Å². The van der Waals surface area contributed by atoms with E-state index in [1.807, 2.05) is 0 Å². The monoisotopic (exact) mass is 445 g/mol. The van der Waals surface area contributed by atoms with Gasteiger partial charge in [0.2, 0.25) is 11.7 Å². The molecule has 2 aromatic carbocycles. The molecule has 1 fully saturated rings. The predicted octanol–water partition coefficient (Wildman–Crippen LogP) is 4.36. The largest absolute Gasteiger partial charge is 0.507 e. The molecule has 1 unspecified atom stereocenters. The van der Waals surface area contributed by atoms with Crippen LogP contribution in [0.25, 0.3) is 11.4 Å². The minimum atomic E-state index is -0.368. The van der Waals surface area contributed by atoms with Gasteiger partial charge in [0.15, 0.2) is 0 Å². The van der Waals surface area contributed by atoms with Gasteiger partial charge >= 0.3 is 0 Å². The maximum Gasteiger partial charge on any atom is 0.257 e. The quantitative estimate of drug-likeness (QED) is 0.647. The van der Waals surface area contributed by atoms with E-state index in [4.69, 9.17) is 4.52 Å². The summed E-state index contributed by atoms with van der Waals surface area (Å²) in [7, 11) is 0. The number of nitrogens with zero attached hydrogens (tertiary/aromatic N) is 3. The zero-order valence-electron chi connectivity index (χ0n) is 14.8. The molecule has 0 spiro atoms. The van der Waals surface area contributed by atoms with Gasteiger partial charge in [-0.2, -0.15) is 4.98 Å². The number of likely N-dealkylation sites (tertiary alicyclic amines) is 1. The van der Waals surface area contributed by atoms with Crippen molar-refractivity contribution < 1.29 is 18.8 Å². The maximum atomic E-state index is 13.4. The van der Waals surface area contributed by atoms with E-state index in [0.717, 1.165) is 12.8 Å². The highest BCUT2D eigenvalue weighted by atomic mass is 79.9. The van der Waals surface area contributed by atoms with E-state index in [2.05, 4.69) is 26.1 Å². The van der Waals surface area contributed by atoms with Gasteiger partial charge in [0.25, 0.3) is 5.91 Å². The molecule has 1 aromatic heterocycles. The predicted molar refractivity (Wildman–Crippen MR) is 103 cm³/mol. The van der Waals surface area contributed by atoms with Crippen LogP contribution in [-0.2, 0) is 0 Å². The summed E-state index contributed by atoms with van der Waals surface area (Å²) in [6, 6.07) is 10.8. The fraction of sp³-hybridized carbons (Fsp3) is 0.250. The molecule has 2 heterocycles. The van der Waals surface area contributed by atoms with Crippen LogP contribution in [0.1, 0.15) is 35.0 Å². The summed E-state index contributed by atoms with van der Waals surface area (Å²) in [6.45, 7) is 1.01. The van der Waals surface area contributed by atoms with E-state index < -0.39 is 0 Å². The molecule has 3 aromatic rings. The minimum Gasteiger partial charge on any atom is -0.507 e. The molecule has 4 rings (SSSR count). The highest BCUT2D eigenvalue weighted by Crippen LogP contribution is 2.30. The Hall–Kier alpha value is -2.74. The van der Waals surface area contributed by atoms with Crippen molar-refractivity contribution >= 4 is 21.8 Å². The van der Waals surface area contributed by atoms with Gasteiger partial charge in [0.05, 0.1) is 11.5 Å². The van der Waals surface area contributed by atoms with Crippen molar-refractivity contribution in [2.75, 3.05) is 13.1 Å². The number of aromatic nitrogens is 2. The minimum absolute atomic E-state index is 0.0623. The summed E-state index contributed by atoms with van der Waals surface area (Å²) in [5, 5.41) is 14.0. The highest BCUT2D eigenvalue weighted by molar-refractivity contribution is 9.10. The first-order valence-electron chi connectivity index (χ1n) is 8.88. The molecule has 6 nitrogen and oxygen atoms in total. The highest BCUT2D eigenvalue weighted by Gasteiger charge is 2.30. The fourth-order valence-electron chi connectivity index (χ4n) is 3.37. The third-order valence-electron chi connectivity index (χ3n) is 4.77. The second kappa shape index (κ2) is 7.71. The van der Waals surface area contributed by atoms with Crippen LogP contribution in [0.5, 0.6) is 5.75 Å². The van der Waals surface area contributed by atoms with Crippen molar-refractivity contribution in [2.24, 2.45) is 0 Å². The van der Waals surface area contributed by atoms with Crippen LogP contribution in [0, 0.1) is 5.82 Å². The number of hydrogen-bond donors (Lipinski definition) is 1. The van der Waals surface area contributed by atoms with Gasteiger partial charge in [-0.25, -0.2) is 4.39 Å². The molecule has 144 valence electrons. The third kappa shape index (κ3) is 3.77. The van der Waals surface area contributed by atoms with Crippen molar-refractivity contribution in [3.63, 3.8) is 0 Å². The van der Waals surface area contributed by atoms with Crippen LogP contribution in [0.3, 0.4) is 0 Å². The SMILES string of the molecule is O=C(c1ccc(Br)cc1O)N1CCCC(c2nc(-c3cccc(F)c3)no2)C1. The summed E-state index contributed by atoms with van der Waals surface area (Å²) in [6.07, 6.45) is 1.59. The molecule has 1 aliphatic heterocycles. The third-order valence-corrected chi connectivity index (χ3v) is 5.27. The van der Waals surface area contributed by atoms with E-state index in [0.29, 0.717) is 34.8 Å². The van der Waals surface area contributed by atoms with Crippen LogP contribution in [0.4, 0.5) is 4.39 Å². The van der Waals surface area contributed by atoms with Crippen LogP contribution < -0.4 is 0 Å². The lowest BCUT2D eigenvalue weighted by Crippen LogP contribution is -2.39. The number of rotatable bonds is 3. The standard InChI is InChI=1S/C20H17BrFN3O3/c21-14-6-7-16(17(26)10-14)20(27)25-8-2-4-13(11-25)19-23-18(24-28-19)12-3-1-5-15(22)9-12/h1,3,5-7,9-10,13,26H,2,4,8,11H2. The Morgan fingerprint density at radius 1 is 1.29 bits per heavy atom. The Kier molecular flexibility index (Phi) is 5.13. The summed E-state index contributed by atoms with van der Waals surface area (Å²) < 4.78 is 19.5. The number of phenols is 1. The lowest BCUT2D eigenvalue weighted by molar-refractivity contribution is 0.0692. The lowest BCUT2D eigenvalue weighted by Gasteiger charge is -2.31. The van der Waals surface area contributed by atoms with Crippen LogP contribution in [0.2, 0.25) is 0 Å². The van der Waals surface area contributed by atoms with E-state index in [-0.39, 0.29) is 29.0 Å². The van der Waals surface area contributed by atoms with Gasteiger partial charge in [0, 0.05) is 23.1 Å². The van der Waals surface area contributed by atoms with E-state index in [1.165, 1.54) is 18.2 Å². The molecular formula is C20H17BrFN3O3. The zero-order chi connectivity index (χ0) is 19.7. The lowest BCUT2D eigenvalue weighted by atomic mass is 9.97. The van der Waals surface area contributed by atoms with Gasteiger partial charge in [-0.05, 0) is 43.2 Å². The Labute approximate surface area is 169 Å². The molecule has 0 radical (unpaired) electrons. The normalized spacial score (nSPS) is 16.9. The first kappa shape index (κ1) is 18.6. The Morgan fingerprint density at radius 2 is 2.14 bits per heavy atom. The molecular weight excluding hydrogens is 429 g/mol. The maximum absolute atomic E-state index is 13.4. The summed E-state index contributed by atoms with van der Waals surface area (Å²) in [5.41, 5.74) is 0.799. The topological polar surface area (TPSA) is 79.5 Å². The molecule has 28 heavy (non-hydrogen) atoms. The number of amides is 1. The number of halogens is 2. The first-order chi connectivity index (χ1) is 13.5. The average Bonchev–Trinajstić information content (AvgIpc) is 3.18. The number of piperidine rings is 1. The molecule has 8 heteroatoms. The van der Waals surface area contributed by atoms with E-state index in [1.54, 1.807) is 29.2 Å². The summed E-state index contributed by atoms with van der Waals surface area (Å²) >= 11 is 3.27. The number of aromatic hydroxyl groups is 1. The second-order valence-corrected chi connectivity index (χ2v) is 7.63. The zero-order valence-corrected chi connectivity index (χ0v) is 16.4. The van der Waals surface area contributed by atoms with Gasteiger partial charge in [-0.1, -0.05) is 33.2 Å². The van der Waals surface area contributed by atoms with Crippen LogP contribution in [0.15, 0.2) is 51.5 Å². The summed E-state index contributed by atoms with van der Waals surface area (Å²) in [5.74, 6) is -0.0229. The van der Waals surface area contributed by atoms with Crippen LogP contribution >= 0.6 is 15.9 Å². The number of phenolic OH excluding ortho intramolecular Hbond substituents is 1. The van der Waals surface area contributed by atoms with Crippen LogP contribution in [-0.4, -0.2) is 39.1 Å². The van der Waals surface area contributed by atoms with Gasteiger partial charge in [-0.15, -0.1) is 0 Å². The second-order valence-electron chi connectivity index (χ2n) is 6.72. The molecule has 1 amide bonds. The molecule has 0 saturated carbocycles. The fourth-order valence-corrected chi connectivity index (χ4v) is 3.71. The Balaban J connectivity index is 1.52. The van der Waals surface area contributed by atoms with Gasteiger partial charge in [0.1, 0.15) is 11.6 Å². The van der Waals surface area contributed by atoms with E-state index >= 15 is 0 Å². The molecule has 1 N–H and O–H groups in total. The Bertz CT molecular complexity index is 1020. The van der Waals surface area contributed by atoms with Crippen molar-refractivity contribution in [1.29, 1.82) is 0 Å². The van der Waals surface area contributed by atoms with Gasteiger partial charge < -0.3 is 14.5 Å². The number of carbonyl (C=O) groups excluding carboxylic acids is 1. The smallest absolute Gasteiger partial charge is 0.257 e. The number of hydrogen-bond acceptors (Lipinski definition) is 5. The Morgan fingerprint density at radius 3 is 2.93 bits per heavy atom. The average molecular weight is 446 g/mol. The first-order valence-corrected chi connectivity index (χ1v) is 9.68. The van der Waals surface area contributed by atoms with Gasteiger partial charge in [-0.3, -0.25) is 4.79 Å². The molecule has 1 saturated heterocycles. The van der Waals surface area contributed by atoms with Crippen molar-refractivity contribution in [2.45, 2.75) is 18.8 Å². The molecule has 1 atom stereocenters.